The maximum atomic E-state index is 12.7. The number of aryl methyl sites for hydroxylation is 1. The standard InChI is InChI=1S/C10H10ClF3N6/c1-15-8-5(10(12,13)14)3-16-9(19-8)18-6-4-17-20(2)7(6)11/h3-4H,1-2H3,(H2,15,16,18,19). The van der Waals surface area contributed by atoms with Gasteiger partial charge in [0, 0.05) is 20.3 Å². The highest BCUT2D eigenvalue weighted by Crippen LogP contribution is 2.34. The molecular weight excluding hydrogens is 297 g/mol. The molecule has 0 radical (unpaired) electrons. The summed E-state index contributed by atoms with van der Waals surface area (Å²) >= 11 is 5.92. The molecule has 0 aliphatic rings. The van der Waals surface area contributed by atoms with E-state index >= 15 is 0 Å². The SMILES string of the molecule is CNc1nc(Nc2cnn(C)c2Cl)ncc1C(F)(F)F. The second-order valence-corrected chi connectivity index (χ2v) is 4.16. The van der Waals surface area contributed by atoms with E-state index in [0.717, 1.165) is 0 Å². The molecule has 0 aromatic carbocycles. The summed E-state index contributed by atoms with van der Waals surface area (Å²) in [6.07, 6.45) is -2.41. The molecule has 2 aromatic rings. The van der Waals surface area contributed by atoms with E-state index in [1.807, 2.05) is 0 Å². The number of nitrogens with zero attached hydrogens (tertiary/aromatic N) is 4. The molecule has 2 N–H and O–H groups in total. The van der Waals surface area contributed by atoms with Gasteiger partial charge in [-0.25, -0.2) is 4.98 Å². The van der Waals surface area contributed by atoms with Crippen molar-refractivity contribution in [3.63, 3.8) is 0 Å². The van der Waals surface area contributed by atoms with Crippen LogP contribution in [0.3, 0.4) is 0 Å². The van der Waals surface area contributed by atoms with Gasteiger partial charge >= 0.3 is 6.18 Å². The fraction of sp³-hybridized carbons (Fsp3) is 0.300. The number of aromatic nitrogens is 4. The molecule has 0 unspecified atom stereocenters. The molecule has 0 aliphatic heterocycles. The van der Waals surface area contributed by atoms with Crippen molar-refractivity contribution in [3.05, 3.63) is 23.1 Å². The Hall–Kier alpha value is -2.03. The van der Waals surface area contributed by atoms with Crippen molar-refractivity contribution < 1.29 is 13.2 Å². The minimum Gasteiger partial charge on any atom is -0.372 e. The van der Waals surface area contributed by atoms with Gasteiger partial charge in [-0.3, -0.25) is 4.68 Å². The van der Waals surface area contributed by atoms with E-state index in [2.05, 4.69) is 25.7 Å². The summed E-state index contributed by atoms with van der Waals surface area (Å²) in [6, 6.07) is 0. The van der Waals surface area contributed by atoms with Gasteiger partial charge in [0.2, 0.25) is 5.95 Å². The number of halogens is 4. The van der Waals surface area contributed by atoms with Crippen LogP contribution in [0.25, 0.3) is 0 Å². The lowest BCUT2D eigenvalue weighted by Crippen LogP contribution is -2.12. The molecular formula is C10H10ClF3N6. The Balaban J connectivity index is 2.33. The number of hydrogen-bond donors (Lipinski definition) is 2. The van der Waals surface area contributed by atoms with Gasteiger partial charge in [0.1, 0.15) is 16.5 Å². The molecule has 0 saturated heterocycles. The number of nitrogens with one attached hydrogen (secondary N) is 2. The van der Waals surface area contributed by atoms with E-state index in [1.54, 1.807) is 7.05 Å². The predicted molar refractivity (Wildman–Crippen MR) is 68.1 cm³/mol. The van der Waals surface area contributed by atoms with Gasteiger partial charge in [0.05, 0.1) is 11.9 Å². The third kappa shape index (κ3) is 2.77. The average molecular weight is 307 g/mol. The molecule has 108 valence electrons. The maximum absolute atomic E-state index is 12.7. The zero-order chi connectivity index (χ0) is 14.9. The lowest BCUT2D eigenvalue weighted by molar-refractivity contribution is -0.137. The molecule has 0 amide bonds. The van der Waals surface area contributed by atoms with Crippen LogP contribution in [0.4, 0.5) is 30.6 Å². The summed E-state index contributed by atoms with van der Waals surface area (Å²) in [5.41, 5.74) is -0.543. The van der Waals surface area contributed by atoms with Gasteiger partial charge in [-0.2, -0.15) is 23.3 Å². The molecule has 2 aromatic heterocycles. The van der Waals surface area contributed by atoms with Crippen molar-refractivity contribution in [2.75, 3.05) is 17.7 Å². The molecule has 20 heavy (non-hydrogen) atoms. The second-order valence-electron chi connectivity index (χ2n) is 3.80. The quantitative estimate of drug-likeness (QED) is 0.912. The van der Waals surface area contributed by atoms with Crippen LogP contribution in [0.2, 0.25) is 5.15 Å². The minimum absolute atomic E-state index is 0.0164. The van der Waals surface area contributed by atoms with Crippen LogP contribution < -0.4 is 10.6 Å². The third-order valence-corrected chi connectivity index (χ3v) is 2.89. The zero-order valence-corrected chi connectivity index (χ0v) is 11.2. The van der Waals surface area contributed by atoms with E-state index in [4.69, 9.17) is 11.6 Å². The summed E-state index contributed by atoms with van der Waals surface area (Å²) in [4.78, 5) is 7.38. The Morgan fingerprint density at radius 3 is 2.50 bits per heavy atom. The predicted octanol–water partition coefficient (Wildman–Crippen LogP) is 2.67. The molecule has 0 spiro atoms. The molecule has 0 aliphatic carbocycles. The second kappa shape index (κ2) is 5.16. The maximum Gasteiger partial charge on any atom is 0.421 e. The Labute approximate surface area is 117 Å². The Bertz CT molecular complexity index is 624. The molecule has 0 atom stereocenters. The van der Waals surface area contributed by atoms with Crippen LogP contribution >= 0.6 is 11.6 Å². The lowest BCUT2D eigenvalue weighted by atomic mass is 10.3. The van der Waals surface area contributed by atoms with Crippen LogP contribution in [0, 0.1) is 0 Å². The number of anilines is 3. The summed E-state index contributed by atoms with van der Waals surface area (Å²) in [5.74, 6) is -0.340. The van der Waals surface area contributed by atoms with Gasteiger partial charge in [-0.1, -0.05) is 11.6 Å². The molecule has 6 nitrogen and oxygen atoms in total. The summed E-state index contributed by atoms with van der Waals surface area (Å²) in [5, 5.41) is 9.26. The summed E-state index contributed by atoms with van der Waals surface area (Å²) < 4.78 is 39.5. The van der Waals surface area contributed by atoms with Gasteiger partial charge < -0.3 is 10.6 Å². The smallest absolute Gasteiger partial charge is 0.372 e. The Kier molecular flexibility index (Phi) is 3.71. The first-order chi connectivity index (χ1) is 9.32. The van der Waals surface area contributed by atoms with Crippen LogP contribution in [0.15, 0.2) is 12.4 Å². The van der Waals surface area contributed by atoms with E-state index in [-0.39, 0.29) is 11.8 Å². The van der Waals surface area contributed by atoms with Crippen molar-refractivity contribution in [2.24, 2.45) is 7.05 Å². The topological polar surface area (TPSA) is 67.7 Å². The molecule has 0 fully saturated rings. The van der Waals surface area contributed by atoms with Gasteiger partial charge in [-0.15, -0.1) is 0 Å². The minimum atomic E-state index is -4.52. The van der Waals surface area contributed by atoms with Crippen molar-refractivity contribution >= 4 is 29.1 Å². The highest BCUT2D eigenvalue weighted by Gasteiger charge is 2.35. The van der Waals surface area contributed by atoms with Crippen LogP contribution in [-0.2, 0) is 13.2 Å². The van der Waals surface area contributed by atoms with E-state index in [9.17, 15) is 13.2 Å². The number of rotatable bonds is 3. The van der Waals surface area contributed by atoms with Gasteiger partial charge in [0.25, 0.3) is 0 Å². The summed E-state index contributed by atoms with van der Waals surface area (Å²) in [7, 11) is 2.97. The van der Waals surface area contributed by atoms with Crippen LogP contribution in [-0.4, -0.2) is 26.8 Å². The molecule has 2 heterocycles. The van der Waals surface area contributed by atoms with E-state index < -0.39 is 11.7 Å². The number of alkyl halides is 3. The van der Waals surface area contributed by atoms with Crippen molar-refractivity contribution in [1.82, 2.24) is 19.7 Å². The van der Waals surface area contributed by atoms with Crippen molar-refractivity contribution in [3.8, 4) is 0 Å². The van der Waals surface area contributed by atoms with Gasteiger partial charge in [0.15, 0.2) is 0 Å². The lowest BCUT2D eigenvalue weighted by Gasteiger charge is -2.12. The monoisotopic (exact) mass is 306 g/mol. The summed E-state index contributed by atoms with van der Waals surface area (Å²) in [6.45, 7) is 0. The average Bonchev–Trinajstić information content (AvgIpc) is 2.69. The zero-order valence-electron chi connectivity index (χ0n) is 10.5. The van der Waals surface area contributed by atoms with Crippen LogP contribution in [0.5, 0.6) is 0 Å². The Morgan fingerprint density at radius 1 is 1.30 bits per heavy atom. The first kappa shape index (κ1) is 14.4. The van der Waals surface area contributed by atoms with E-state index in [1.165, 1.54) is 17.9 Å². The normalized spacial score (nSPS) is 11.5. The van der Waals surface area contributed by atoms with Gasteiger partial charge in [-0.05, 0) is 0 Å². The van der Waals surface area contributed by atoms with Crippen molar-refractivity contribution in [1.29, 1.82) is 0 Å². The molecule has 10 heteroatoms. The number of hydrogen-bond acceptors (Lipinski definition) is 5. The highest BCUT2D eigenvalue weighted by atomic mass is 35.5. The van der Waals surface area contributed by atoms with E-state index in [0.29, 0.717) is 17.0 Å². The van der Waals surface area contributed by atoms with Crippen molar-refractivity contribution in [2.45, 2.75) is 6.18 Å². The highest BCUT2D eigenvalue weighted by molar-refractivity contribution is 6.32. The molecule has 0 bridgehead atoms. The third-order valence-electron chi connectivity index (χ3n) is 2.44. The first-order valence-corrected chi connectivity index (χ1v) is 5.77. The molecule has 2 rings (SSSR count). The largest absolute Gasteiger partial charge is 0.421 e. The first-order valence-electron chi connectivity index (χ1n) is 5.39. The molecule has 0 saturated carbocycles. The Morgan fingerprint density at radius 2 is 2.00 bits per heavy atom. The fourth-order valence-corrected chi connectivity index (χ4v) is 1.61. The fourth-order valence-electron chi connectivity index (χ4n) is 1.47. The van der Waals surface area contributed by atoms with Crippen LogP contribution in [0.1, 0.15) is 5.56 Å².